The highest BCUT2D eigenvalue weighted by Gasteiger charge is 2.49. The number of carbonyl (C=O) groups is 2. The molecule has 0 spiro atoms. The standard InChI is InChI=1S/C39H70N2O8/c1-12-15-20-39(21-16-19-30(13-2)14-3,33(42)48-24-17-22-46-31-26-35(4,5)40(44)36(6,7)27-31)34(43)49-25-18-23-47-32-28-37(8,9)41(45)38(10,11)29-32/h13-14,31-32,44-45H,2,12,15-29H2,1,3-11H3/b30-14+. The van der Waals surface area contributed by atoms with Crippen LogP contribution >= 0.6 is 0 Å². The van der Waals surface area contributed by atoms with E-state index in [1.54, 1.807) is 0 Å². The van der Waals surface area contributed by atoms with Gasteiger partial charge in [-0.15, -0.1) is 0 Å². The summed E-state index contributed by atoms with van der Waals surface area (Å²) < 4.78 is 24.0. The maximum Gasteiger partial charge on any atom is 0.323 e. The van der Waals surface area contributed by atoms with E-state index >= 15 is 0 Å². The summed E-state index contributed by atoms with van der Waals surface area (Å²) in [6, 6.07) is 0. The Hall–Kier alpha value is -1.82. The molecule has 0 aromatic rings. The molecule has 2 rings (SSSR count). The van der Waals surface area contributed by atoms with Gasteiger partial charge in [-0.1, -0.05) is 44.1 Å². The first-order valence-electron chi connectivity index (χ1n) is 18.6. The third-order valence-corrected chi connectivity index (χ3v) is 10.4. The van der Waals surface area contributed by atoms with Gasteiger partial charge in [0.1, 0.15) is 0 Å². The van der Waals surface area contributed by atoms with Gasteiger partial charge in [-0.3, -0.25) is 9.59 Å². The van der Waals surface area contributed by atoms with Crippen molar-refractivity contribution < 1.29 is 39.0 Å². The van der Waals surface area contributed by atoms with Gasteiger partial charge in [0.15, 0.2) is 5.41 Å². The fourth-order valence-corrected chi connectivity index (χ4v) is 7.87. The quantitative estimate of drug-likeness (QED) is 0.0559. The van der Waals surface area contributed by atoms with E-state index in [2.05, 4.69) is 6.58 Å². The predicted molar refractivity (Wildman–Crippen MR) is 192 cm³/mol. The van der Waals surface area contributed by atoms with Gasteiger partial charge in [-0.25, -0.2) is 0 Å². The van der Waals surface area contributed by atoms with Crippen LogP contribution in [0.1, 0.15) is 146 Å². The normalized spacial score (nSPS) is 21.8. The minimum atomic E-state index is -1.39. The molecule has 2 aliphatic heterocycles. The molecule has 0 bridgehead atoms. The third-order valence-electron chi connectivity index (χ3n) is 10.4. The van der Waals surface area contributed by atoms with Crippen LogP contribution in [0.3, 0.4) is 0 Å². The molecule has 0 unspecified atom stereocenters. The zero-order valence-electron chi connectivity index (χ0n) is 32.6. The number of rotatable bonds is 20. The number of ether oxygens (including phenoxy) is 4. The van der Waals surface area contributed by atoms with Crippen molar-refractivity contribution in [2.45, 2.75) is 181 Å². The van der Waals surface area contributed by atoms with Crippen LogP contribution in [0.4, 0.5) is 0 Å². The molecule has 0 saturated carbocycles. The molecule has 0 radical (unpaired) electrons. The van der Waals surface area contributed by atoms with Gasteiger partial charge in [-0.2, -0.15) is 10.1 Å². The van der Waals surface area contributed by atoms with E-state index in [1.807, 2.05) is 81.4 Å². The summed E-state index contributed by atoms with van der Waals surface area (Å²) in [6.07, 6.45) is 11.1. The molecule has 2 heterocycles. The van der Waals surface area contributed by atoms with Gasteiger partial charge in [0, 0.05) is 35.0 Å². The lowest BCUT2D eigenvalue weighted by Gasteiger charge is -2.51. The highest BCUT2D eigenvalue weighted by Crippen LogP contribution is 2.40. The Morgan fingerprint density at radius 2 is 1.10 bits per heavy atom. The van der Waals surface area contributed by atoms with E-state index < -0.39 is 39.5 Å². The summed E-state index contributed by atoms with van der Waals surface area (Å²) in [5, 5.41) is 24.0. The zero-order chi connectivity index (χ0) is 37.1. The van der Waals surface area contributed by atoms with Crippen LogP contribution in [0.5, 0.6) is 0 Å². The molecule has 0 atom stereocenters. The van der Waals surface area contributed by atoms with Crippen LogP contribution in [0.2, 0.25) is 0 Å². The Kier molecular flexibility index (Phi) is 16.5. The Morgan fingerprint density at radius 3 is 1.45 bits per heavy atom. The Balaban J connectivity index is 2.01. The molecule has 0 aromatic heterocycles. The van der Waals surface area contributed by atoms with Crippen LogP contribution < -0.4 is 0 Å². The second kappa shape index (κ2) is 18.6. The average molecular weight is 695 g/mol. The monoisotopic (exact) mass is 695 g/mol. The van der Waals surface area contributed by atoms with Crippen LogP contribution in [-0.2, 0) is 28.5 Å². The van der Waals surface area contributed by atoms with Crippen molar-refractivity contribution in [3.63, 3.8) is 0 Å². The van der Waals surface area contributed by atoms with Gasteiger partial charge < -0.3 is 29.4 Å². The SMILES string of the molecule is C=C/C(=C\C)CCCC(CCCC)(C(=O)OCCCOC1CC(C)(C)N(O)C(C)(C)C1)C(=O)OCCCOC1CC(C)(C)N(O)C(C)(C)C1. The van der Waals surface area contributed by atoms with Gasteiger partial charge in [0.2, 0.25) is 0 Å². The highest BCUT2D eigenvalue weighted by molar-refractivity contribution is 6.00. The largest absolute Gasteiger partial charge is 0.465 e. The maximum atomic E-state index is 13.9. The fourth-order valence-electron chi connectivity index (χ4n) is 7.87. The number of nitrogens with zero attached hydrogens (tertiary/aromatic N) is 2. The molecule has 2 N–H and O–H groups in total. The number of hydrogen-bond donors (Lipinski definition) is 2. The number of hydrogen-bond acceptors (Lipinski definition) is 10. The van der Waals surface area contributed by atoms with Gasteiger partial charge in [-0.05, 0) is 114 Å². The molecule has 2 fully saturated rings. The van der Waals surface area contributed by atoms with Crippen LogP contribution in [0, 0.1) is 5.41 Å². The second-order valence-corrected chi connectivity index (χ2v) is 16.8. The van der Waals surface area contributed by atoms with Gasteiger partial charge in [0.05, 0.1) is 38.6 Å². The number of carbonyl (C=O) groups excluding carboxylic acids is 2. The molecule has 284 valence electrons. The zero-order valence-corrected chi connectivity index (χ0v) is 32.6. The van der Waals surface area contributed by atoms with Gasteiger partial charge in [0.25, 0.3) is 0 Å². The molecule has 0 amide bonds. The molecule has 2 saturated heterocycles. The Labute approximate surface area is 297 Å². The van der Waals surface area contributed by atoms with E-state index in [9.17, 15) is 20.0 Å². The highest BCUT2D eigenvalue weighted by atomic mass is 16.6. The van der Waals surface area contributed by atoms with Crippen molar-refractivity contribution in [2.75, 3.05) is 26.4 Å². The first kappa shape index (κ1) is 43.3. The molecular formula is C39H70N2O8. The minimum Gasteiger partial charge on any atom is -0.465 e. The van der Waals surface area contributed by atoms with Gasteiger partial charge >= 0.3 is 11.9 Å². The molecule has 49 heavy (non-hydrogen) atoms. The van der Waals surface area contributed by atoms with Crippen LogP contribution in [0.25, 0.3) is 0 Å². The van der Waals surface area contributed by atoms with E-state index in [0.29, 0.717) is 83.8 Å². The predicted octanol–water partition coefficient (Wildman–Crippen LogP) is 8.19. The minimum absolute atomic E-state index is 0.0159. The van der Waals surface area contributed by atoms with E-state index in [-0.39, 0.29) is 25.4 Å². The van der Waals surface area contributed by atoms with Crippen molar-refractivity contribution in [1.29, 1.82) is 0 Å². The molecule has 10 nitrogen and oxygen atoms in total. The second-order valence-electron chi connectivity index (χ2n) is 16.8. The number of hydroxylamine groups is 4. The summed E-state index contributed by atoms with van der Waals surface area (Å²) in [7, 11) is 0. The fraction of sp³-hybridized carbons (Fsp3) is 0.846. The molecule has 2 aliphatic rings. The third kappa shape index (κ3) is 12.1. The summed E-state index contributed by atoms with van der Waals surface area (Å²) in [5.41, 5.74) is -1.95. The van der Waals surface area contributed by atoms with Crippen molar-refractivity contribution in [1.82, 2.24) is 10.1 Å². The Morgan fingerprint density at radius 1 is 0.714 bits per heavy atom. The first-order chi connectivity index (χ1) is 22.8. The van der Waals surface area contributed by atoms with Crippen LogP contribution in [-0.4, -0.2) is 93.3 Å². The smallest absolute Gasteiger partial charge is 0.323 e. The van der Waals surface area contributed by atoms with E-state index in [0.717, 1.165) is 12.0 Å². The molecule has 0 aliphatic carbocycles. The summed E-state index contributed by atoms with van der Waals surface area (Å²) in [4.78, 5) is 27.7. The van der Waals surface area contributed by atoms with E-state index in [1.165, 1.54) is 10.1 Å². The number of unbranched alkanes of at least 4 members (excludes halogenated alkanes) is 1. The van der Waals surface area contributed by atoms with Crippen molar-refractivity contribution >= 4 is 11.9 Å². The van der Waals surface area contributed by atoms with Crippen molar-refractivity contribution in [3.8, 4) is 0 Å². The van der Waals surface area contributed by atoms with Crippen LogP contribution in [0.15, 0.2) is 24.3 Å². The number of esters is 2. The van der Waals surface area contributed by atoms with Crippen molar-refractivity contribution in [2.24, 2.45) is 5.41 Å². The first-order valence-corrected chi connectivity index (χ1v) is 18.6. The molecule has 0 aromatic carbocycles. The summed E-state index contributed by atoms with van der Waals surface area (Å²) >= 11 is 0. The molecular weight excluding hydrogens is 624 g/mol. The van der Waals surface area contributed by atoms with Crippen molar-refractivity contribution in [3.05, 3.63) is 24.3 Å². The van der Waals surface area contributed by atoms with E-state index in [4.69, 9.17) is 18.9 Å². The Bertz CT molecular complexity index is 999. The lowest BCUT2D eigenvalue weighted by atomic mass is 9.77. The topological polar surface area (TPSA) is 118 Å². The summed E-state index contributed by atoms with van der Waals surface area (Å²) in [6.45, 7) is 25.0. The summed E-state index contributed by atoms with van der Waals surface area (Å²) in [5.74, 6) is -1.06. The number of piperidine rings is 2. The number of allylic oxidation sites excluding steroid dienone is 3. The average Bonchev–Trinajstić information content (AvgIpc) is 3.01. The lowest BCUT2D eigenvalue weighted by molar-refractivity contribution is -0.261. The maximum absolute atomic E-state index is 13.9. The molecule has 10 heteroatoms. The lowest BCUT2D eigenvalue weighted by Crippen LogP contribution is -2.60.